The Labute approximate surface area is 187 Å². The van der Waals surface area contributed by atoms with Gasteiger partial charge < -0.3 is 19.2 Å². The van der Waals surface area contributed by atoms with Gasteiger partial charge in [-0.1, -0.05) is 29.8 Å². The number of hydrogen-bond acceptors (Lipinski definition) is 4. The molecule has 0 aliphatic heterocycles. The summed E-state index contributed by atoms with van der Waals surface area (Å²) in [5.41, 5.74) is 5.68. The lowest BCUT2D eigenvalue weighted by atomic mass is 10.1. The molecule has 4 rings (SSSR count). The quantitative estimate of drug-likeness (QED) is 0.448. The van der Waals surface area contributed by atoms with E-state index in [-0.39, 0.29) is 5.91 Å². The van der Waals surface area contributed by atoms with E-state index in [1.807, 2.05) is 67.0 Å². The monoisotopic (exact) mass is 429 g/mol. The number of aryl methyl sites for hydroxylation is 2. The highest BCUT2D eigenvalue weighted by atomic mass is 16.5. The zero-order chi connectivity index (χ0) is 22.5. The summed E-state index contributed by atoms with van der Waals surface area (Å²) in [4.78, 5) is 17.2. The molecule has 0 spiro atoms. The van der Waals surface area contributed by atoms with E-state index in [1.54, 1.807) is 19.2 Å². The SMILES string of the molecule is COc1ccc(C)cc1CCNC(=O)c1cccc(OCc2cn3cc(C)ccc3n2)c1. The van der Waals surface area contributed by atoms with Crippen molar-refractivity contribution in [1.29, 1.82) is 0 Å². The summed E-state index contributed by atoms with van der Waals surface area (Å²) in [5.74, 6) is 1.33. The van der Waals surface area contributed by atoms with Gasteiger partial charge in [-0.3, -0.25) is 4.79 Å². The van der Waals surface area contributed by atoms with Crippen LogP contribution in [0, 0.1) is 13.8 Å². The molecule has 0 bridgehead atoms. The minimum Gasteiger partial charge on any atom is -0.496 e. The van der Waals surface area contributed by atoms with Gasteiger partial charge in [-0.2, -0.15) is 0 Å². The number of hydrogen-bond donors (Lipinski definition) is 1. The lowest BCUT2D eigenvalue weighted by Crippen LogP contribution is -2.25. The molecule has 0 unspecified atom stereocenters. The lowest BCUT2D eigenvalue weighted by Gasteiger charge is -2.11. The maximum absolute atomic E-state index is 12.6. The first-order valence-corrected chi connectivity index (χ1v) is 10.6. The summed E-state index contributed by atoms with van der Waals surface area (Å²) in [6.45, 7) is 4.94. The predicted molar refractivity (Wildman–Crippen MR) is 124 cm³/mol. The minimum atomic E-state index is -0.134. The fourth-order valence-electron chi connectivity index (χ4n) is 3.63. The normalized spacial score (nSPS) is 10.8. The largest absolute Gasteiger partial charge is 0.496 e. The van der Waals surface area contributed by atoms with E-state index in [0.717, 1.165) is 28.2 Å². The maximum atomic E-state index is 12.6. The molecule has 0 radical (unpaired) electrons. The van der Waals surface area contributed by atoms with Crippen LogP contribution in [0.25, 0.3) is 5.65 Å². The van der Waals surface area contributed by atoms with Gasteiger partial charge in [0.2, 0.25) is 0 Å². The third-order valence-electron chi connectivity index (χ3n) is 5.25. The summed E-state index contributed by atoms with van der Waals surface area (Å²) >= 11 is 0. The molecular weight excluding hydrogens is 402 g/mol. The van der Waals surface area contributed by atoms with E-state index in [9.17, 15) is 4.79 Å². The molecule has 0 aliphatic carbocycles. The average Bonchev–Trinajstić information content (AvgIpc) is 3.20. The van der Waals surface area contributed by atoms with E-state index < -0.39 is 0 Å². The second-order valence-corrected chi connectivity index (χ2v) is 7.84. The predicted octanol–water partition coefficient (Wildman–Crippen LogP) is 4.51. The van der Waals surface area contributed by atoms with Gasteiger partial charge in [0.25, 0.3) is 5.91 Å². The number of nitrogens with one attached hydrogen (secondary N) is 1. The summed E-state index contributed by atoms with van der Waals surface area (Å²) in [6.07, 6.45) is 4.68. The van der Waals surface area contributed by atoms with Crippen LogP contribution in [-0.2, 0) is 13.0 Å². The molecule has 32 heavy (non-hydrogen) atoms. The topological polar surface area (TPSA) is 64.9 Å². The van der Waals surface area contributed by atoms with Crippen molar-refractivity contribution >= 4 is 11.6 Å². The van der Waals surface area contributed by atoms with Crippen LogP contribution in [0.4, 0.5) is 0 Å². The number of ether oxygens (including phenoxy) is 2. The van der Waals surface area contributed by atoms with Crippen molar-refractivity contribution in [2.75, 3.05) is 13.7 Å². The summed E-state index contributed by atoms with van der Waals surface area (Å²) in [6, 6.07) is 17.3. The third-order valence-corrected chi connectivity index (χ3v) is 5.25. The van der Waals surface area contributed by atoms with Gasteiger partial charge in [-0.25, -0.2) is 4.98 Å². The molecule has 0 aliphatic rings. The van der Waals surface area contributed by atoms with Crippen LogP contribution in [-0.4, -0.2) is 28.9 Å². The van der Waals surface area contributed by atoms with Gasteiger partial charge in [0.05, 0.1) is 12.8 Å². The highest BCUT2D eigenvalue weighted by Gasteiger charge is 2.09. The van der Waals surface area contributed by atoms with E-state index >= 15 is 0 Å². The summed E-state index contributed by atoms with van der Waals surface area (Å²) < 4.78 is 13.3. The molecule has 0 saturated carbocycles. The van der Waals surface area contributed by atoms with Crippen molar-refractivity contribution in [2.45, 2.75) is 26.9 Å². The van der Waals surface area contributed by atoms with Crippen LogP contribution in [0.1, 0.15) is 32.7 Å². The molecule has 2 aromatic carbocycles. The number of rotatable bonds is 8. The molecule has 1 N–H and O–H groups in total. The number of nitrogens with zero attached hydrogens (tertiary/aromatic N) is 2. The fourth-order valence-corrected chi connectivity index (χ4v) is 3.63. The molecule has 6 nitrogen and oxygen atoms in total. The number of carbonyl (C=O) groups excluding carboxylic acids is 1. The number of amides is 1. The van der Waals surface area contributed by atoms with Crippen molar-refractivity contribution in [3.05, 3.63) is 94.9 Å². The average molecular weight is 430 g/mol. The standard InChI is InChI=1S/C26H27N3O3/c1-18-7-9-24(31-3)20(13-18)11-12-27-26(30)21-5-4-6-23(14-21)32-17-22-16-29-15-19(2)8-10-25(29)28-22/h4-10,13-16H,11-12,17H2,1-3H3,(H,27,30). The van der Waals surface area contributed by atoms with Crippen LogP contribution < -0.4 is 14.8 Å². The Morgan fingerprint density at radius 1 is 1.03 bits per heavy atom. The molecule has 164 valence electrons. The molecule has 1 amide bonds. The van der Waals surface area contributed by atoms with Gasteiger partial charge in [-0.05, 0) is 61.7 Å². The van der Waals surface area contributed by atoms with Crippen molar-refractivity contribution < 1.29 is 14.3 Å². The second-order valence-electron chi connectivity index (χ2n) is 7.84. The first-order valence-electron chi connectivity index (χ1n) is 10.6. The Morgan fingerprint density at radius 3 is 2.72 bits per heavy atom. The third kappa shape index (κ3) is 5.09. The molecular formula is C26H27N3O3. The number of pyridine rings is 1. The van der Waals surface area contributed by atoms with Crippen molar-refractivity contribution in [3.63, 3.8) is 0 Å². The maximum Gasteiger partial charge on any atom is 0.251 e. The molecule has 4 aromatic rings. The van der Waals surface area contributed by atoms with Gasteiger partial charge in [-0.15, -0.1) is 0 Å². The number of aromatic nitrogens is 2. The van der Waals surface area contributed by atoms with E-state index in [2.05, 4.69) is 16.4 Å². The Morgan fingerprint density at radius 2 is 1.88 bits per heavy atom. The molecule has 0 fully saturated rings. The molecule has 0 saturated heterocycles. The van der Waals surface area contributed by atoms with Gasteiger partial charge in [0.15, 0.2) is 0 Å². The minimum absolute atomic E-state index is 0.134. The molecule has 2 heterocycles. The summed E-state index contributed by atoms with van der Waals surface area (Å²) in [5, 5.41) is 2.98. The van der Waals surface area contributed by atoms with Crippen LogP contribution in [0.2, 0.25) is 0 Å². The first kappa shape index (κ1) is 21.4. The summed E-state index contributed by atoms with van der Waals surface area (Å²) in [7, 11) is 1.66. The zero-order valence-electron chi connectivity index (χ0n) is 18.6. The fraction of sp³-hybridized carbons (Fsp3) is 0.231. The van der Waals surface area contributed by atoms with Crippen molar-refractivity contribution in [3.8, 4) is 11.5 Å². The van der Waals surface area contributed by atoms with E-state index in [0.29, 0.717) is 30.9 Å². The zero-order valence-corrected chi connectivity index (χ0v) is 18.6. The van der Waals surface area contributed by atoms with Crippen LogP contribution in [0.5, 0.6) is 11.5 Å². The van der Waals surface area contributed by atoms with E-state index in [4.69, 9.17) is 9.47 Å². The van der Waals surface area contributed by atoms with Crippen LogP contribution in [0.15, 0.2) is 67.0 Å². The molecule has 0 atom stereocenters. The smallest absolute Gasteiger partial charge is 0.251 e. The number of methoxy groups -OCH3 is 1. The number of fused-ring (bicyclic) bond motifs is 1. The van der Waals surface area contributed by atoms with Gasteiger partial charge in [0, 0.05) is 24.5 Å². The number of imidazole rings is 1. The van der Waals surface area contributed by atoms with Gasteiger partial charge >= 0.3 is 0 Å². The number of carbonyl (C=O) groups is 1. The Bertz CT molecular complexity index is 1250. The molecule has 2 aromatic heterocycles. The first-order chi connectivity index (χ1) is 15.5. The van der Waals surface area contributed by atoms with Crippen molar-refractivity contribution in [1.82, 2.24) is 14.7 Å². The highest BCUT2D eigenvalue weighted by molar-refractivity contribution is 5.94. The van der Waals surface area contributed by atoms with Crippen LogP contribution >= 0.6 is 0 Å². The van der Waals surface area contributed by atoms with E-state index in [1.165, 1.54) is 5.56 Å². The lowest BCUT2D eigenvalue weighted by molar-refractivity contribution is 0.0953. The Balaban J connectivity index is 1.34. The van der Waals surface area contributed by atoms with Crippen molar-refractivity contribution in [2.24, 2.45) is 0 Å². The number of benzene rings is 2. The van der Waals surface area contributed by atoms with Gasteiger partial charge in [0.1, 0.15) is 23.8 Å². The second kappa shape index (κ2) is 9.56. The highest BCUT2D eigenvalue weighted by Crippen LogP contribution is 2.20. The Kier molecular flexibility index (Phi) is 6.40. The Hall–Kier alpha value is -3.80. The van der Waals surface area contributed by atoms with Crippen LogP contribution in [0.3, 0.4) is 0 Å². The molecule has 6 heteroatoms.